The molecule has 5 heteroatoms. The van der Waals surface area contributed by atoms with Crippen LogP contribution in [0.1, 0.15) is 155 Å². The van der Waals surface area contributed by atoms with Crippen LogP contribution < -0.4 is 0 Å². The van der Waals surface area contributed by atoms with Gasteiger partial charge in [0, 0.05) is 43.9 Å². The van der Waals surface area contributed by atoms with Crippen molar-refractivity contribution in [3.63, 3.8) is 0 Å². The van der Waals surface area contributed by atoms with Crippen LogP contribution in [0.25, 0.3) is 72.7 Å². The Balaban J connectivity index is 0.00000729. The minimum Gasteiger partial charge on any atom is -0.507 e. The monoisotopic (exact) mass is 1160 g/mol. The molecule has 0 unspecified atom stereocenters. The second kappa shape index (κ2) is 20.4. The number of rotatable bonds is 10. The zero-order chi connectivity index (χ0) is 52.4. The second-order valence-corrected chi connectivity index (χ2v) is 24.5. The fourth-order valence-electron chi connectivity index (χ4n) is 10.4. The van der Waals surface area contributed by atoms with E-state index in [-0.39, 0.29) is 60.3 Å². The molecule has 74 heavy (non-hydrogen) atoms. The van der Waals surface area contributed by atoms with Crippen LogP contribution >= 0.6 is 0 Å². The standard InChI is InChI=1S/C69H74N3O.Pt/c1-43(2)54-37-51(66(5,6)7)38-55(44(3)4)63(54)72-61-33-25-32-53(62(61)71-65(72)57-39-52(67(8,9)10)40-58(64(57)73)68(11,12)13)48-34-47(45-26-19-16-20-27-45)35-49(36-48)60-41-56(46-28-21-17-22-29-46)59(42-70-60)69(14,15)50-30-23-18-24-31-50;/h16-35,37-44,73H,1-15H3;/q-1;. The molecular weight excluding hydrogens is 1080 g/mol. The Hall–Kier alpha value is -6.35. The number of phenolic OH excluding ortho intramolecular Hbond substituents is 1. The van der Waals surface area contributed by atoms with E-state index >= 15 is 0 Å². The average molecular weight is 1160 g/mol. The summed E-state index contributed by atoms with van der Waals surface area (Å²) in [7, 11) is 0. The summed E-state index contributed by atoms with van der Waals surface area (Å²) in [5, 5.41) is 12.8. The first-order valence-electron chi connectivity index (χ1n) is 26.3. The van der Waals surface area contributed by atoms with E-state index in [2.05, 4.69) is 272 Å². The van der Waals surface area contributed by atoms with Crippen molar-refractivity contribution in [3.8, 4) is 67.5 Å². The van der Waals surface area contributed by atoms with Crippen molar-refractivity contribution >= 4 is 11.0 Å². The van der Waals surface area contributed by atoms with Gasteiger partial charge in [0.05, 0.1) is 22.3 Å². The van der Waals surface area contributed by atoms with E-state index in [1.165, 1.54) is 22.3 Å². The molecule has 0 saturated heterocycles. The second-order valence-electron chi connectivity index (χ2n) is 24.5. The summed E-state index contributed by atoms with van der Waals surface area (Å²) in [6.07, 6.45) is 2.08. The quantitative estimate of drug-likeness (QED) is 0.139. The van der Waals surface area contributed by atoms with Crippen molar-refractivity contribution in [2.45, 2.75) is 137 Å². The van der Waals surface area contributed by atoms with Crippen molar-refractivity contribution < 1.29 is 26.2 Å². The molecule has 0 spiro atoms. The largest absolute Gasteiger partial charge is 0.507 e. The third-order valence-electron chi connectivity index (χ3n) is 14.9. The van der Waals surface area contributed by atoms with Crippen LogP contribution in [0.4, 0.5) is 0 Å². The number of fused-ring (bicyclic) bond motifs is 1. The van der Waals surface area contributed by atoms with E-state index in [1.54, 1.807) is 0 Å². The Morgan fingerprint density at radius 1 is 0.486 bits per heavy atom. The molecule has 2 heterocycles. The van der Waals surface area contributed by atoms with E-state index in [9.17, 15) is 5.11 Å². The van der Waals surface area contributed by atoms with Gasteiger partial charge in [-0.15, -0.1) is 23.8 Å². The molecule has 7 aromatic carbocycles. The molecule has 0 amide bonds. The molecule has 9 rings (SSSR count). The summed E-state index contributed by atoms with van der Waals surface area (Å²) in [6, 6.07) is 58.5. The summed E-state index contributed by atoms with van der Waals surface area (Å²) in [4.78, 5) is 11.1. The van der Waals surface area contributed by atoms with Gasteiger partial charge in [-0.2, -0.15) is 0 Å². The van der Waals surface area contributed by atoms with Crippen molar-refractivity contribution in [2.24, 2.45) is 0 Å². The van der Waals surface area contributed by atoms with E-state index < -0.39 is 0 Å². The molecule has 0 saturated carbocycles. The number of phenols is 1. The Morgan fingerprint density at radius 3 is 1.58 bits per heavy atom. The smallest absolute Gasteiger partial charge is 0.148 e. The molecule has 9 aromatic rings. The summed E-state index contributed by atoms with van der Waals surface area (Å²) in [6.45, 7) is 34.0. The fraction of sp³-hybridized carbons (Fsp3) is 0.304. The van der Waals surface area contributed by atoms with E-state index in [1.807, 2.05) is 0 Å². The summed E-state index contributed by atoms with van der Waals surface area (Å²) in [5.41, 5.74) is 19.0. The van der Waals surface area contributed by atoms with Gasteiger partial charge in [0.1, 0.15) is 11.6 Å². The maximum atomic E-state index is 12.8. The van der Waals surface area contributed by atoms with Crippen LogP contribution in [0.15, 0.2) is 158 Å². The summed E-state index contributed by atoms with van der Waals surface area (Å²) >= 11 is 0. The number of benzene rings is 7. The summed E-state index contributed by atoms with van der Waals surface area (Å²) < 4.78 is 2.38. The summed E-state index contributed by atoms with van der Waals surface area (Å²) in [5.74, 6) is 1.37. The fourth-order valence-corrected chi connectivity index (χ4v) is 10.4. The third-order valence-corrected chi connectivity index (χ3v) is 14.9. The van der Waals surface area contributed by atoms with Gasteiger partial charge in [0.15, 0.2) is 0 Å². The molecule has 1 N–H and O–H groups in total. The molecule has 0 aliphatic carbocycles. The molecule has 382 valence electrons. The first kappa shape index (κ1) is 53.9. The normalized spacial score (nSPS) is 12.4. The van der Waals surface area contributed by atoms with E-state index in [4.69, 9.17) is 9.97 Å². The number of hydrogen-bond donors (Lipinski definition) is 1. The third kappa shape index (κ3) is 10.4. The van der Waals surface area contributed by atoms with E-state index in [0.29, 0.717) is 5.82 Å². The molecule has 0 atom stereocenters. The van der Waals surface area contributed by atoms with Gasteiger partial charge in [-0.25, -0.2) is 4.98 Å². The minimum absolute atomic E-state index is 0. The van der Waals surface area contributed by atoms with Gasteiger partial charge in [-0.05, 0) is 90.3 Å². The van der Waals surface area contributed by atoms with Gasteiger partial charge >= 0.3 is 0 Å². The topological polar surface area (TPSA) is 50.9 Å². The van der Waals surface area contributed by atoms with Gasteiger partial charge in [-0.1, -0.05) is 248 Å². The van der Waals surface area contributed by atoms with Crippen LogP contribution in [0.2, 0.25) is 0 Å². The van der Waals surface area contributed by atoms with Crippen molar-refractivity contribution in [1.29, 1.82) is 0 Å². The minimum atomic E-state index is -0.338. The van der Waals surface area contributed by atoms with Crippen molar-refractivity contribution in [3.05, 3.63) is 203 Å². The Kier molecular flexibility index (Phi) is 14.9. The Morgan fingerprint density at radius 2 is 1.03 bits per heavy atom. The van der Waals surface area contributed by atoms with Gasteiger partial charge < -0.3 is 5.11 Å². The van der Waals surface area contributed by atoms with Crippen LogP contribution in [0, 0.1) is 6.07 Å². The first-order chi connectivity index (χ1) is 34.4. The maximum Gasteiger partial charge on any atom is 0.148 e. The molecule has 4 nitrogen and oxygen atoms in total. The molecule has 2 aromatic heterocycles. The number of para-hydroxylation sites is 1. The van der Waals surface area contributed by atoms with Crippen LogP contribution in [-0.4, -0.2) is 19.6 Å². The van der Waals surface area contributed by atoms with E-state index in [0.717, 1.165) is 83.6 Å². The zero-order valence-corrected chi connectivity index (χ0v) is 48.5. The Labute approximate surface area is 456 Å². The van der Waals surface area contributed by atoms with Crippen molar-refractivity contribution in [2.75, 3.05) is 0 Å². The average Bonchev–Trinajstić information content (AvgIpc) is 3.74. The van der Waals surface area contributed by atoms with Crippen molar-refractivity contribution in [1.82, 2.24) is 14.5 Å². The number of aromatic nitrogens is 3. The number of imidazole rings is 1. The number of aromatic hydroxyl groups is 1. The molecular formula is C69H74N3OPt-. The number of pyridine rings is 1. The zero-order valence-electron chi connectivity index (χ0n) is 46.3. The van der Waals surface area contributed by atoms with Crippen LogP contribution in [0.5, 0.6) is 5.75 Å². The SMILES string of the molecule is CC(C)c1cc(C(C)(C)C)cc(C(C)C)c1-n1c(-c2cc(C(C)(C)C)cc(C(C)(C)C)c2O)nc2c(-c3[c-]c(-c4cc(-c5ccccc5)c(C(C)(C)c5ccccc5)cn4)cc(-c4ccccc4)c3)cccc21.[Pt]. The molecule has 0 radical (unpaired) electrons. The molecule has 0 bridgehead atoms. The molecule has 0 aliphatic rings. The Bertz CT molecular complexity index is 3440. The number of nitrogens with zero attached hydrogens (tertiary/aromatic N) is 3. The number of hydrogen-bond acceptors (Lipinski definition) is 3. The van der Waals surface area contributed by atoms with Gasteiger partial charge in [0.2, 0.25) is 0 Å². The predicted octanol–water partition coefficient (Wildman–Crippen LogP) is 18.7. The van der Waals surface area contributed by atoms with Crippen LogP contribution in [-0.2, 0) is 42.7 Å². The first-order valence-corrected chi connectivity index (χ1v) is 26.3. The molecule has 0 aliphatic heterocycles. The predicted molar refractivity (Wildman–Crippen MR) is 309 cm³/mol. The maximum absolute atomic E-state index is 12.8. The van der Waals surface area contributed by atoms with Gasteiger partial charge in [-0.3, -0.25) is 9.55 Å². The molecule has 0 fully saturated rings. The van der Waals surface area contributed by atoms with Crippen LogP contribution in [0.3, 0.4) is 0 Å². The van der Waals surface area contributed by atoms with Gasteiger partial charge in [0.25, 0.3) is 0 Å².